The van der Waals surface area contributed by atoms with Gasteiger partial charge in [-0.1, -0.05) is 24.3 Å². The van der Waals surface area contributed by atoms with Crippen LogP contribution in [0, 0.1) is 13.8 Å². The van der Waals surface area contributed by atoms with E-state index in [2.05, 4.69) is 34.3 Å². The molecule has 1 aromatic heterocycles. The first-order valence-corrected chi connectivity index (χ1v) is 9.52. The van der Waals surface area contributed by atoms with E-state index in [1.54, 1.807) is 0 Å². The zero-order valence-corrected chi connectivity index (χ0v) is 15.4. The van der Waals surface area contributed by atoms with Crippen LogP contribution in [-0.2, 0) is 0 Å². The van der Waals surface area contributed by atoms with E-state index >= 15 is 0 Å². The maximum atomic E-state index is 12.8. The molecule has 1 unspecified atom stereocenters. The second kappa shape index (κ2) is 6.93. The predicted molar refractivity (Wildman–Crippen MR) is 97.6 cm³/mol. The first-order valence-electron chi connectivity index (χ1n) is 8.30. The van der Waals surface area contributed by atoms with Crippen LogP contribution in [0.25, 0.3) is 0 Å². The number of amides is 1. The Balaban J connectivity index is 1.85. The van der Waals surface area contributed by atoms with Gasteiger partial charge in [-0.15, -0.1) is 11.8 Å². The molecular formula is C19H23N3OS. The summed E-state index contributed by atoms with van der Waals surface area (Å²) in [4.78, 5) is 22.0. The fourth-order valence-electron chi connectivity index (χ4n) is 2.92. The van der Waals surface area contributed by atoms with Gasteiger partial charge in [-0.3, -0.25) is 4.79 Å². The molecule has 1 amide bonds. The van der Waals surface area contributed by atoms with Gasteiger partial charge in [-0.05, 0) is 51.0 Å². The van der Waals surface area contributed by atoms with Gasteiger partial charge in [0.1, 0.15) is 10.9 Å². The zero-order valence-electron chi connectivity index (χ0n) is 14.6. The molecule has 3 rings (SSSR count). The van der Waals surface area contributed by atoms with E-state index in [0.717, 1.165) is 34.9 Å². The molecule has 24 heavy (non-hydrogen) atoms. The van der Waals surface area contributed by atoms with Gasteiger partial charge in [0.05, 0.1) is 17.3 Å². The van der Waals surface area contributed by atoms with E-state index in [9.17, 15) is 4.79 Å². The van der Waals surface area contributed by atoms with E-state index < -0.39 is 0 Å². The van der Waals surface area contributed by atoms with Crippen LogP contribution < -0.4 is 5.32 Å². The lowest BCUT2D eigenvalue weighted by atomic mass is 10.0. The van der Waals surface area contributed by atoms with Gasteiger partial charge in [0.15, 0.2) is 0 Å². The second-order valence-electron chi connectivity index (χ2n) is 6.38. The fraction of sp³-hybridized carbons (Fsp3) is 0.421. The van der Waals surface area contributed by atoms with Crippen LogP contribution in [0.4, 0.5) is 0 Å². The summed E-state index contributed by atoms with van der Waals surface area (Å²) < 4.78 is 0. The smallest absolute Gasteiger partial charge is 0.256 e. The summed E-state index contributed by atoms with van der Waals surface area (Å²) in [7, 11) is 0. The number of thioether (sulfide) groups is 1. The lowest BCUT2D eigenvalue weighted by Gasteiger charge is -2.18. The van der Waals surface area contributed by atoms with Crippen molar-refractivity contribution in [2.24, 2.45) is 0 Å². The number of rotatable bonds is 5. The van der Waals surface area contributed by atoms with Gasteiger partial charge in [-0.2, -0.15) is 0 Å². The standard InChI is InChI=1S/C19H23N3OS/c1-11-7-5-6-8-15(11)12(2)21-18(23)16-13(3)20-17(14-9-10-14)22-19(16)24-4/h5-8,12,14H,9-10H2,1-4H3,(H,21,23). The average Bonchev–Trinajstić information content (AvgIpc) is 3.39. The fourth-order valence-corrected chi connectivity index (χ4v) is 3.55. The third-order valence-corrected chi connectivity index (χ3v) is 5.12. The van der Waals surface area contributed by atoms with Crippen molar-refractivity contribution in [3.8, 4) is 0 Å². The summed E-state index contributed by atoms with van der Waals surface area (Å²) in [5, 5.41) is 3.88. The molecule has 1 N–H and O–H groups in total. The highest BCUT2D eigenvalue weighted by molar-refractivity contribution is 7.98. The summed E-state index contributed by atoms with van der Waals surface area (Å²) in [5.74, 6) is 1.27. The molecule has 1 aromatic carbocycles. The molecular weight excluding hydrogens is 318 g/mol. The zero-order chi connectivity index (χ0) is 17.3. The molecule has 5 heteroatoms. The van der Waals surface area contributed by atoms with E-state index in [4.69, 9.17) is 0 Å². The van der Waals surface area contributed by atoms with Crippen molar-refractivity contribution in [2.75, 3.05) is 6.26 Å². The van der Waals surface area contributed by atoms with Crippen LogP contribution in [0.15, 0.2) is 29.3 Å². The summed E-state index contributed by atoms with van der Waals surface area (Å²) in [6, 6.07) is 8.06. The number of hydrogen-bond donors (Lipinski definition) is 1. The van der Waals surface area contributed by atoms with Gasteiger partial charge < -0.3 is 5.32 Å². The first kappa shape index (κ1) is 17.0. The van der Waals surface area contributed by atoms with Crippen molar-refractivity contribution in [1.82, 2.24) is 15.3 Å². The molecule has 0 bridgehead atoms. The van der Waals surface area contributed by atoms with Crippen molar-refractivity contribution in [2.45, 2.75) is 50.6 Å². The number of nitrogens with one attached hydrogen (secondary N) is 1. The summed E-state index contributed by atoms with van der Waals surface area (Å²) in [6.07, 6.45) is 4.27. The number of nitrogens with zero attached hydrogens (tertiary/aromatic N) is 2. The van der Waals surface area contributed by atoms with E-state index in [1.165, 1.54) is 17.3 Å². The Morgan fingerprint density at radius 2 is 1.96 bits per heavy atom. The highest BCUT2D eigenvalue weighted by Crippen LogP contribution is 2.39. The molecule has 0 radical (unpaired) electrons. The lowest BCUT2D eigenvalue weighted by Crippen LogP contribution is -2.29. The average molecular weight is 341 g/mol. The molecule has 126 valence electrons. The number of aryl methyl sites for hydroxylation is 2. The van der Waals surface area contributed by atoms with E-state index in [-0.39, 0.29) is 11.9 Å². The molecule has 1 aliphatic carbocycles. The third kappa shape index (κ3) is 3.46. The highest BCUT2D eigenvalue weighted by atomic mass is 32.2. The minimum Gasteiger partial charge on any atom is -0.345 e. The van der Waals surface area contributed by atoms with Crippen LogP contribution in [0.5, 0.6) is 0 Å². The van der Waals surface area contributed by atoms with Crippen molar-refractivity contribution in [1.29, 1.82) is 0 Å². The summed E-state index contributed by atoms with van der Waals surface area (Å²) in [5.41, 5.74) is 3.68. The molecule has 1 saturated carbocycles. The molecule has 0 spiro atoms. The normalized spacial score (nSPS) is 15.2. The van der Waals surface area contributed by atoms with Crippen molar-refractivity contribution in [3.05, 3.63) is 52.5 Å². The predicted octanol–water partition coefficient (Wildman–Crippen LogP) is 4.18. The van der Waals surface area contributed by atoms with Crippen molar-refractivity contribution in [3.63, 3.8) is 0 Å². The molecule has 1 aliphatic rings. The Morgan fingerprint density at radius 1 is 1.25 bits per heavy atom. The van der Waals surface area contributed by atoms with Gasteiger partial charge in [0.25, 0.3) is 5.91 Å². The Hall–Kier alpha value is -1.88. The minimum atomic E-state index is -0.102. The summed E-state index contributed by atoms with van der Waals surface area (Å²) >= 11 is 1.51. The number of carbonyl (C=O) groups excluding carboxylic acids is 1. The largest absolute Gasteiger partial charge is 0.345 e. The molecule has 1 atom stereocenters. The number of hydrogen-bond acceptors (Lipinski definition) is 4. The quantitative estimate of drug-likeness (QED) is 0.654. The molecule has 2 aromatic rings. The molecule has 0 aliphatic heterocycles. The van der Waals surface area contributed by atoms with Crippen LogP contribution in [0.2, 0.25) is 0 Å². The molecule has 1 fully saturated rings. The molecule has 1 heterocycles. The molecule has 0 saturated heterocycles. The van der Waals surface area contributed by atoms with Gasteiger partial charge in [-0.25, -0.2) is 9.97 Å². The van der Waals surface area contributed by atoms with E-state index in [1.807, 2.05) is 32.2 Å². The monoisotopic (exact) mass is 341 g/mol. The van der Waals surface area contributed by atoms with Crippen LogP contribution in [0.3, 0.4) is 0 Å². The first-order chi connectivity index (χ1) is 11.5. The Morgan fingerprint density at radius 3 is 2.58 bits per heavy atom. The van der Waals surface area contributed by atoms with Crippen molar-refractivity contribution < 1.29 is 4.79 Å². The Labute approximate surface area is 147 Å². The Bertz CT molecular complexity index is 771. The highest BCUT2D eigenvalue weighted by Gasteiger charge is 2.29. The maximum absolute atomic E-state index is 12.8. The van der Waals surface area contributed by atoms with Crippen LogP contribution in [-0.4, -0.2) is 22.1 Å². The molecule has 4 nitrogen and oxygen atoms in total. The Kier molecular flexibility index (Phi) is 4.90. The maximum Gasteiger partial charge on any atom is 0.256 e. The summed E-state index contributed by atoms with van der Waals surface area (Å²) in [6.45, 7) is 5.97. The second-order valence-corrected chi connectivity index (χ2v) is 7.17. The minimum absolute atomic E-state index is 0.0593. The number of carbonyl (C=O) groups is 1. The van der Waals surface area contributed by atoms with E-state index in [0.29, 0.717) is 11.5 Å². The van der Waals surface area contributed by atoms with Gasteiger partial charge in [0.2, 0.25) is 0 Å². The topological polar surface area (TPSA) is 54.9 Å². The number of benzene rings is 1. The SMILES string of the molecule is CSc1nc(C2CC2)nc(C)c1C(=O)NC(C)c1ccccc1C. The van der Waals surface area contributed by atoms with Gasteiger partial charge >= 0.3 is 0 Å². The third-order valence-electron chi connectivity index (χ3n) is 4.44. The lowest BCUT2D eigenvalue weighted by molar-refractivity contribution is 0.0935. The number of aromatic nitrogens is 2. The van der Waals surface area contributed by atoms with Gasteiger partial charge in [0, 0.05) is 5.92 Å². The van der Waals surface area contributed by atoms with Crippen LogP contribution in [0.1, 0.15) is 64.7 Å². The van der Waals surface area contributed by atoms with Crippen molar-refractivity contribution >= 4 is 17.7 Å². The van der Waals surface area contributed by atoms with Crippen LogP contribution >= 0.6 is 11.8 Å².